The van der Waals surface area contributed by atoms with Crippen LogP contribution >= 0.6 is 11.6 Å². The van der Waals surface area contributed by atoms with Gasteiger partial charge in [0.25, 0.3) is 5.69 Å². The Morgan fingerprint density at radius 1 is 0.889 bits per heavy atom. The van der Waals surface area contributed by atoms with Crippen LogP contribution in [0.15, 0.2) is 72.8 Å². The van der Waals surface area contributed by atoms with Crippen LogP contribution in [0.1, 0.15) is 15.9 Å². The molecule has 136 valence electrons. The molecule has 3 rings (SSSR count). The van der Waals surface area contributed by atoms with Crippen LogP contribution in [0.5, 0.6) is 11.5 Å². The first-order valence-corrected chi connectivity index (χ1v) is 8.33. The van der Waals surface area contributed by atoms with Crippen molar-refractivity contribution in [3.8, 4) is 11.5 Å². The van der Waals surface area contributed by atoms with Crippen molar-refractivity contribution in [3.05, 3.63) is 99.1 Å². The second kappa shape index (κ2) is 8.33. The van der Waals surface area contributed by atoms with E-state index in [-0.39, 0.29) is 12.3 Å². The molecule has 0 fully saturated rings. The molecule has 0 N–H and O–H groups in total. The number of non-ortho nitro benzene ring substituents is 1. The minimum Gasteiger partial charge on any atom is -0.457 e. The molecular formula is C20H14ClNO5. The molecule has 0 aromatic heterocycles. The lowest BCUT2D eigenvalue weighted by molar-refractivity contribution is -0.384. The molecule has 0 saturated heterocycles. The third-order valence-corrected chi connectivity index (χ3v) is 3.91. The average Bonchev–Trinajstić information content (AvgIpc) is 2.68. The molecule has 0 bridgehead atoms. The van der Waals surface area contributed by atoms with Crippen LogP contribution < -0.4 is 4.74 Å². The zero-order valence-electron chi connectivity index (χ0n) is 14.0. The maximum absolute atomic E-state index is 12.1. The highest BCUT2D eigenvalue weighted by Crippen LogP contribution is 2.24. The molecule has 0 aliphatic rings. The van der Waals surface area contributed by atoms with Crippen molar-refractivity contribution in [2.75, 3.05) is 0 Å². The van der Waals surface area contributed by atoms with Gasteiger partial charge in [0.15, 0.2) is 0 Å². The normalized spacial score (nSPS) is 10.3. The minimum absolute atomic E-state index is 0.0128. The Hall–Kier alpha value is -3.38. The summed E-state index contributed by atoms with van der Waals surface area (Å²) in [6, 6.07) is 19.2. The standard InChI is InChI=1S/C20H14ClNO5/c21-16-5-1-14(2-6-16)13-26-20(23)15-3-9-18(10-4-15)27-19-11-7-17(8-12-19)22(24)25/h1-12H,13H2. The number of hydrogen-bond donors (Lipinski definition) is 0. The number of nitro benzene ring substituents is 1. The highest BCUT2D eigenvalue weighted by molar-refractivity contribution is 6.30. The van der Waals surface area contributed by atoms with Gasteiger partial charge in [-0.25, -0.2) is 4.79 Å². The Morgan fingerprint density at radius 3 is 2.00 bits per heavy atom. The predicted molar refractivity (Wildman–Crippen MR) is 100 cm³/mol. The highest BCUT2D eigenvalue weighted by Gasteiger charge is 2.09. The zero-order chi connectivity index (χ0) is 19.2. The number of carbonyl (C=O) groups excluding carboxylic acids is 1. The molecular weight excluding hydrogens is 370 g/mol. The Balaban J connectivity index is 1.58. The molecule has 0 amide bonds. The van der Waals surface area contributed by atoms with Gasteiger partial charge >= 0.3 is 5.97 Å². The molecule has 0 aliphatic heterocycles. The number of nitro groups is 1. The molecule has 7 heteroatoms. The van der Waals surface area contributed by atoms with Gasteiger partial charge in [-0.15, -0.1) is 0 Å². The van der Waals surface area contributed by atoms with Gasteiger partial charge in [0.05, 0.1) is 10.5 Å². The van der Waals surface area contributed by atoms with Crippen molar-refractivity contribution in [2.45, 2.75) is 6.61 Å². The van der Waals surface area contributed by atoms with E-state index in [4.69, 9.17) is 21.1 Å². The molecule has 0 saturated carbocycles. The number of esters is 1. The largest absolute Gasteiger partial charge is 0.457 e. The van der Waals surface area contributed by atoms with Crippen LogP contribution in [-0.4, -0.2) is 10.9 Å². The third-order valence-electron chi connectivity index (χ3n) is 3.66. The lowest BCUT2D eigenvalue weighted by Crippen LogP contribution is -2.05. The van der Waals surface area contributed by atoms with Crippen molar-refractivity contribution in [3.63, 3.8) is 0 Å². The summed E-state index contributed by atoms with van der Waals surface area (Å²) in [5.41, 5.74) is 1.21. The van der Waals surface area contributed by atoms with Crippen LogP contribution in [0.2, 0.25) is 5.02 Å². The van der Waals surface area contributed by atoms with Gasteiger partial charge in [-0.2, -0.15) is 0 Å². The smallest absolute Gasteiger partial charge is 0.338 e. The quantitative estimate of drug-likeness (QED) is 0.323. The Bertz CT molecular complexity index is 938. The summed E-state index contributed by atoms with van der Waals surface area (Å²) in [4.78, 5) is 22.3. The van der Waals surface area contributed by atoms with Gasteiger partial charge in [-0.1, -0.05) is 23.7 Å². The first-order chi connectivity index (χ1) is 13.0. The second-order valence-corrected chi connectivity index (χ2v) is 6.02. The molecule has 27 heavy (non-hydrogen) atoms. The number of rotatable bonds is 6. The lowest BCUT2D eigenvalue weighted by Gasteiger charge is -2.07. The Morgan fingerprint density at radius 2 is 1.44 bits per heavy atom. The van der Waals surface area contributed by atoms with E-state index in [9.17, 15) is 14.9 Å². The molecule has 0 spiro atoms. The van der Waals surface area contributed by atoms with E-state index in [1.54, 1.807) is 48.5 Å². The van der Waals surface area contributed by atoms with Crippen molar-refractivity contribution >= 4 is 23.3 Å². The summed E-state index contributed by atoms with van der Waals surface area (Å²) in [6.07, 6.45) is 0. The van der Waals surface area contributed by atoms with Crippen molar-refractivity contribution in [2.24, 2.45) is 0 Å². The van der Waals surface area contributed by atoms with Crippen LogP contribution in [0.25, 0.3) is 0 Å². The Kier molecular flexibility index (Phi) is 5.68. The number of carbonyl (C=O) groups is 1. The fourth-order valence-corrected chi connectivity index (χ4v) is 2.37. The average molecular weight is 384 g/mol. The minimum atomic E-state index is -0.478. The van der Waals surface area contributed by atoms with E-state index in [0.29, 0.717) is 22.1 Å². The monoisotopic (exact) mass is 383 g/mol. The van der Waals surface area contributed by atoms with Crippen molar-refractivity contribution in [1.29, 1.82) is 0 Å². The maximum Gasteiger partial charge on any atom is 0.338 e. The second-order valence-electron chi connectivity index (χ2n) is 5.58. The zero-order valence-corrected chi connectivity index (χ0v) is 14.8. The molecule has 0 atom stereocenters. The highest BCUT2D eigenvalue weighted by atomic mass is 35.5. The number of hydrogen-bond acceptors (Lipinski definition) is 5. The number of ether oxygens (including phenoxy) is 2. The Labute approximate surface area is 160 Å². The molecule has 3 aromatic rings. The SMILES string of the molecule is O=C(OCc1ccc(Cl)cc1)c1ccc(Oc2ccc([N+](=O)[O-])cc2)cc1. The summed E-state index contributed by atoms with van der Waals surface area (Å²) in [7, 11) is 0. The van der Waals surface area contributed by atoms with E-state index in [0.717, 1.165) is 5.56 Å². The van der Waals surface area contributed by atoms with Crippen LogP contribution in [0, 0.1) is 10.1 Å². The molecule has 0 aliphatic carbocycles. The van der Waals surface area contributed by atoms with E-state index < -0.39 is 10.9 Å². The summed E-state index contributed by atoms with van der Waals surface area (Å²) >= 11 is 5.82. The van der Waals surface area contributed by atoms with Crippen LogP contribution in [0.4, 0.5) is 5.69 Å². The van der Waals surface area contributed by atoms with Gasteiger partial charge in [-0.05, 0) is 54.1 Å². The lowest BCUT2D eigenvalue weighted by atomic mass is 10.2. The van der Waals surface area contributed by atoms with Gasteiger partial charge < -0.3 is 9.47 Å². The summed E-state index contributed by atoms with van der Waals surface area (Å²) in [5, 5.41) is 11.3. The van der Waals surface area contributed by atoms with Crippen molar-refractivity contribution in [1.82, 2.24) is 0 Å². The van der Waals surface area contributed by atoms with E-state index in [1.807, 2.05) is 0 Å². The van der Waals surface area contributed by atoms with Gasteiger partial charge in [-0.3, -0.25) is 10.1 Å². The maximum atomic E-state index is 12.1. The number of halogens is 1. The molecule has 3 aromatic carbocycles. The summed E-state index contributed by atoms with van der Waals surface area (Å²) in [5.74, 6) is 0.503. The molecule has 0 unspecified atom stereocenters. The van der Waals surface area contributed by atoms with Gasteiger partial charge in [0, 0.05) is 17.2 Å². The molecule has 6 nitrogen and oxygen atoms in total. The fraction of sp³-hybridized carbons (Fsp3) is 0.0500. The van der Waals surface area contributed by atoms with E-state index in [2.05, 4.69) is 0 Å². The number of benzene rings is 3. The fourth-order valence-electron chi connectivity index (χ4n) is 2.24. The van der Waals surface area contributed by atoms with Gasteiger partial charge in [0.2, 0.25) is 0 Å². The van der Waals surface area contributed by atoms with Crippen LogP contribution in [-0.2, 0) is 11.3 Å². The molecule has 0 heterocycles. The van der Waals surface area contributed by atoms with Crippen molar-refractivity contribution < 1.29 is 19.2 Å². The van der Waals surface area contributed by atoms with Gasteiger partial charge in [0.1, 0.15) is 18.1 Å². The number of nitrogens with zero attached hydrogens (tertiary/aromatic N) is 1. The van der Waals surface area contributed by atoms with E-state index >= 15 is 0 Å². The van der Waals surface area contributed by atoms with Crippen LogP contribution in [0.3, 0.4) is 0 Å². The predicted octanol–water partition coefficient (Wildman–Crippen LogP) is 5.40. The molecule has 0 radical (unpaired) electrons. The summed E-state index contributed by atoms with van der Waals surface area (Å²) in [6.45, 7) is 0.150. The first kappa shape index (κ1) is 18.4. The third kappa shape index (κ3) is 5.05. The van der Waals surface area contributed by atoms with E-state index in [1.165, 1.54) is 24.3 Å². The first-order valence-electron chi connectivity index (χ1n) is 7.95. The summed E-state index contributed by atoms with van der Waals surface area (Å²) < 4.78 is 10.9. The topological polar surface area (TPSA) is 78.7 Å².